The summed E-state index contributed by atoms with van der Waals surface area (Å²) in [5.74, 6) is 0.849. The highest BCUT2D eigenvalue weighted by molar-refractivity contribution is 7.07. The summed E-state index contributed by atoms with van der Waals surface area (Å²) < 4.78 is 0. The topological polar surface area (TPSA) is 37.0 Å². The fourth-order valence-electron chi connectivity index (χ4n) is 2.87. The number of fused-ring (bicyclic) bond motifs is 2. The van der Waals surface area contributed by atoms with Crippen LogP contribution < -0.4 is 10.6 Å². The Kier molecular flexibility index (Phi) is 2.73. The minimum absolute atomic E-state index is 0.790. The maximum absolute atomic E-state index is 4.27. The third kappa shape index (κ3) is 2.07. The SMILES string of the molecule is c1nc(CNCC2CC3CCC2N3)cs1. The van der Waals surface area contributed by atoms with Crippen molar-refractivity contribution in [3.8, 4) is 0 Å². The van der Waals surface area contributed by atoms with E-state index in [1.54, 1.807) is 11.3 Å². The van der Waals surface area contributed by atoms with Crippen molar-refractivity contribution in [3.63, 3.8) is 0 Å². The zero-order valence-electron chi connectivity index (χ0n) is 8.78. The quantitative estimate of drug-likeness (QED) is 0.809. The monoisotopic (exact) mass is 223 g/mol. The summed E-state index contributed by atoms with van der Waals surface area (Å²) in [5.41, 5.74) is 3.08. The van der Waals surface area contributed by atoms with Gasteiger partial charge in [-0.1, -0.05) is 0 Å². The van der Waals surface area contributed by atoms with Crippen molar-refractivity contribution >= 4 is 11.3 Å². The lowest BCUT2D eigenvalue weighted by Gasteiger charge is -2.20. The van der Waals surface area contributed by atoms with Crippen molar-refractivity contribution in [2.75, 3.05) is 6.54 Å². The largest absolute Gasteiger partial charge is 0.311 e. The van der Waals surface area contributed by atoms with Crippen LogP contribution in [0.15, 0.2) is 10.9 Å². The lowest BCUT2D eigenvalue weighted by atomic mass is 9.89. The van der Waals surface area contributed by atoms with Crippen LogP contribution in [0.1, 0.15) is 25.0 Å². The molecular formula is C11H17N3S. The molecule has 1 aromatic rings. The number of aromatic nitrogens is 1. The van der Waals surface area contributed by atoms with Crippen LogP contribution in [0.25, 0.3) is 0 Å². The van der Waals surface area contributed by atoms with Gasteiger partial charge in [0.1, 0.15) is 0 Å². The van der Waals surface area contributed by atoms with Gasteiger partial charge in [0.25, 0.3) is 0 Å². The first kappa shape index (κ1) is 9.75. The second-order valence-electron chi connectivity index (χ2n) is 4.65. The van der Waals surface area contributed by atoms with E-state index in [1.807, 2.05) is 5.51 Å². The lowest BCUT2D eigenvalue weighted by Crippen LogP contribution is -2.31. The van der Waals surface area contributed by atoms with Gasteiger partial charge in [0.2, 0.25) is 0 Å². The van der Waals surface area contributed by atoms with Crippen molar-refractivity contribution in [2.45, 2.75) is 37.9 Å². The first-order chi connectivity index (χ1) is 7.42. The molecule has 0 aromatic carbocycles. The first-order valence-corrected chi connectivity index (χ1v) is 6.70. The molecule has 0 spiro atoms. The summed E-state index contributed by atoms with van der Waals surface area (Å²) in [5, 5.41) is 9.30. The highest BCUT2D eigenvalue weighted by atomic mass is 32.1. The highest BCUT2D eigenvalue weighted by Gasteiger charge is 2.38. The molecule has 0 amide bonds. The van der Waals surface area contributed by atoms with Crippen LogP contribution in [0.2, 0.25) is 0 Å². The van der Waals surface area contributed by atoms with E-state index in [9.17, 15) is 0 Å². The summed E-state index contributed by atoms with van der Waals surface area (Å²) in [4.78, 5) is 4.27. The molecule has 2 aliphatic heterocycles. The van der Waals surface area contributed by atoms with Crippen molar-refractivity contribution < 1.29 is 0 Å². The number of nitrogens with one attached hydrogen (secondary N) is 2. The van der Waals surface area contributed by atoms with Crippen molar-refractivity contribution in [2.24, 2.45) is 5.92 Å². The minimum Gasteiger partial charge on any atom is -0.311 e. The standard InChI is InChI=1S/C11H17N3S/c1-2-11-8(3-9(1)14-11)4-12-5-10-6-15-7-13-10/h6-9,11-12,14H,1-5H2. The molecule has 0 radical (unpaired) electrons. The van der Waals surface area contributed by atoms with E-state index in [1.165, 1.54) is 25.0 Å². The van der Waals surface area contributed by atoms with Gasteiger partial charge in [-0.25, -0.2) is 4.98 Å². The van der Waals surface area contributed by atoms with E-state index in [4.69, 9.17) is 0 Å². The molecule has 2 aliphatic rings. The Morgan fingerprint density at radius 3 is 3.20 bits per heavy atom. The molecule has 0 saturated carbocycles. The fraction of sp³-hybridized carbons (Fsp3) is 0.727. The second-order valence-corrected chi connectivity index (χ2v) is 5.37. The minimum atomic E-state index is 0.790. The number of rotatable bonds is 4. The molecule has 2 saturated heterocycles. The lowest BCUT2D eigenvalue weighted by molar-refractivity contribution is 0.382. The maximum Gasteiger partial charge on any atom is 0.0795 e. The second kappa shape index (κ2) is 4.20. The molecule has 3 rings (SSSR count). The van der Waals surface area contributed by atoms with Gasteiger partial charge in [0, 0.05) is 24.0 Å². The number of thiazole rings is 1. The van der Waals surface area contributed by atoms with Crippen LogP contribution >= 0.6 is 11.3 Å². The highest BCUT2D eigenvalue weighted by Crippen LogP contribution is 2.32. The third-order valence-electron chi connectivity index (χ3n) is 3.63. The Morgan fingerprint density at radius 2 is 2.53 bits per heavy atom. The predicted octanol–water partition coefficient (Wildman–Crippen LogP) is 1.37. The molecule has 82 valence electrons. The summed E-state index contributed by atoms with van der Waals surface area (Å²) in [6, 6.07) is 1.61. The number of hydrogen-bond donors (Lipinski definition) is 2. The summed E-state index contributed by atoms with van der Waals surface area (Å²) in [6.45, 7) is 2.07. The Balaban J connectivity index is 1.43. The van der Waals surface area contributed by atoms with Gasteiger partial charge in [-0.2, -0.15) is 0 Å². The average Bonchev–Trinajstić information content (AvgIpc) is 2.93. The zero-order valence-corrected chi connectivity index (χ0v) is 9.59. The molecule has 3 nitrogen and oxygen atoms in total. The summed E-state index contributed by atoms with van der Waals surface area (Å²) in [7, 11) is 0. The van der Waals surface area contributed by atoms with E-state index < -0.39 is 0 Å². The van der Waals surface area contributed by atoms with Crippen molar-refractivity contribution in [1.29, 1.82) is 0 Å². The molecule has 3 atom stereocenters. The molecule has 15 heavy (non-hydrogen) atoms. The van der Waals surface area contributed by atoms with Gasteiger partial charge in [-0.15, -0.1) is 11.3 Å². The Hall–Kier alpha value is -0.450. The van der Waals surface area contributed by atoms with Crippen LogP contribution in [0, 0.1) is 5.92 Å². The van der Waals surface area contributed by atoms with Crippen LogP contribution in [0.3, 0.4) is 0 Å². The first-order valence-electron chi connectivity index (χ1n) is 5.75. The van der Waals surface area contributed by atoms with E-state index >= 15 is 0 Å². The molecule has 2 fully saturated rings. The van der Waals surface area contributed by atoms with Crippen molar-refractivity contribution in [3.05, 3.63) is 16.6 Å². The molecule has 4 heteroatoms. The normalized spacial score (nSPS) is 33.7. The van der Waals surface area contributed by atoms with Crippen LogP contribution in [0.4, 0.5) is 0 Å². The van der Waals surface area contributed by atoms with Gasteiger partial charge in [-0.3, -0.25) is 0 Å². The predicted molar refractivity (Wildman–Crippen MR) is 61.9 cm³/mol. The van der Waals surface area contributed by atoms with Crippen LogP contribution in [-0.2, 0) is 6.54 Å². The Labute approximate surface area is 94.3 Å². The number of nitrogens with zero attached hydrogens (tertiary/aromatic N) is 1. The van der Waals surface area contributed by atoms with Gasteiger partial charge >= 0.3 is 0 Å². The smallest absolute Gasteiger partial charge is 0.0795 e. The Bertz CT molecular complexity index is 312. The molecule has 0 aliphatic carbocycles. The molecule has 2 bridgehead atoms. The molecular weight excluding hydrogens is 206 g/mol. The maximum atomic E-state index is 4.27. The average molecular weight is 223 g/mol. The van der Waals surface area contributed by atoms with Crippen LogP contribution in [0.5, 0.6) is 0 Å². The van der Waals surface area contributed by atoms with E-state index in [0.29, 0.717) is 0 Å². The van der Waals surface area contributed by atoms with Crippen LogP contribution in [-0.4, -0.2) is 23.6 Å². The number of hydrogen-bond acceptors (Lipinski definition) is 4. The fourth-order valence-corrected chi connectivity index (χ4v) is 3.43. The third-order valence-corrected chi connectivity index (χ3v) is 4.26. The van der Waals surface area contributed by atoms with Gasteiger partial charge in [-0.05, 0) is 31.7 Å². The van der Waals surface area contributed by atoms with Gasteiger partial charge in [0.15, 0.2) is 0 Å². The summed E-state index contributed by atoms with van der Waals surface area (Å²) >= 11 is 1.67. The van der Waals surface area contributed by atoms with Crippen molar-refractivity contribution in [1.82, 2.24) is 15.6 Å². The van der Waals surface area contributed by atoms with E-state index in [0.717, 1.165) is 31.1 Å². The molecule has 3 unspecified atom stereocenters. The summed E-state index contributed by atoms with van der Waals surface area (Å²) in [6.07, 6.45) is 4.15. The van der Waals surface area contributed by atoms with E-state index in [2.05, 4.69) is 21.0 Å². The molecule has 1 aromatic heterocycles. The molecule has 3 heterocycles. The Morgan fingerprint density at radius 1 is 1.53 bits per heavy atom. The van der Waals surface area contributed by atoms with E-state index in [-0.39, 0.29) is 0 Å². The van der Waals surface area contributed by atoms with Gasteiger partial charge < -0.3 is 10.6 Å². The van der Waals surface area contributed by atoms with Gasteiger partial charge in [0.05, 0.1) is 11.2 Å². The zero-order chi connectivity index (χ0) is 10.1. The molecule has 2 N–H and O–H groups in total.